The molecule has 170 valence electrons. The summed E-state index contributed by atoms with van der Waals surface area (Å²) in [6.07, 6.45) is 3.72. The minimum Gasteiger partial charge on any atom is -0.383 e. The average molecular weight is 450 g/mol. The second kappa shape index (κ2) is 8.18. The van der Waals surface area contributed by atoms with Gasteiger partial charge in [-0.2, -0.15) is 5.10 Å². The molecule has 1 fully saturated rings. The van der Waals surface area contributed by atoms with Crippen molar-refractivity contribution in [2.45, 2.75) is 18.9 Å². The summed E-state index contributed by atoms with van der Waals surface area (Å²) in [5, 5.41) is 6.94. The normalized spacial score (nSPS) is 18.0. The second-order valence-corrected chi connectivity index (χ2v) is 9.47. The van der Waals surface area contributed by atoms with E-state index in [1.165, 1.54) is 6.33 Å². The zero-order valence-electron chi connectivity index (χ0n) is 19.4. The van der Waals surface area contributed by atoms with Crippen LogP contribution in [0.3, 0.4) is 0 Å². The number of aromatic nitrogens is 5. The zero-order chi connectivity index (χ0) is 23.2. The van der Waals surface area contributed by atoms with Gasteiger partial charge in [0.25, 0.3) is 0 Å². The van der Waals surface area contributed by atoms with Crippen LogP contribution < -0.4 is 5.73 Å². The van der Waals surface area contributed by atoms with Crippen LogP contribution in [0, 0.1) is 5.92 Å². The van der Waals surface area contributed by atoms with Gasteiger partial charge in [0.1, 0.15) is 17.8 Å². The first-order valence-electron chi connectivity index (χ1n) is 11.7. The summed E-state index contributed by atoms with van der Waals surface area (Å²) in [4.78, 5) is 16.0. The third kappa shape index (κ3) is 3.58. The van der Waals surface area contributed by atoms with Crippen LogP contribution in [0.2, 0.25) is 0 Å². The molecule has 2 aromatic carbocycles. The van der Waals surface area contributed by atoms with Gasteiger partial charge < -0.3 is 10.6 Å². The highest BCUT2D eigenvalue weighted by Gasteiger charge is 2.33. The molecule has 1 aliphatic carbocycles. The van der Waals surface area contributed by atoms with Crippen LogP contribution in [-0.4, -0.2) is 50.3 Å². The third-order valence-electron chi connectivity index (χ3n) is 6.73. The monoisotopic (exact) mass is 449 g/mol. The van der Waals surface area contributed by atoms with Crippen LogP contribution >= 0.6 is 0 Å². The highest BCUT2D eigenvalue weighted by molar-refractivity contribution is 6.00. The van der Waals surface area contributed by atoms with Crippen LogP contribution in [0.5, 0.6) is 0 Å². The van der Waals surface area contributed by atoms with E-state index in [9.17, 15) is 0 Å². The number of anilines is 1. The van der Waals surface area contributed by atoms with Crippen molar-refractivity contribution in [3.8, 4) is 22.5 Å². The molecule has 0 atom stereocenters. The van der Waals surface area contributed by atoms with E-state index in [4.69, 9.17) is 15.8 Å². The topological polar surface area (TPSA) is 85.8 Å². The fourth-order valence-electron chi connectivity index (χ4n) is 5.05. The standard InChI is InChI=1S/C27H27N7/c1-33(2)15-17-12-21(13-17)34-27-24(26(28)29-16-30-27)25(32-34)20-9-8-19-10-11-22(31-23(19)14-20)18-6-4-3-5-7-18/h3-11,14,16-17,21H,12-13,15H2,1-2H3,(H2,28,29,30). The summed E-state index contributed by atoms with van der Waals surface area (Å²) in [5.74, 6) is 1.14. The predicted octanol–water partition coefficient (Wildman–Crippen LogP) is 4.80. The Labute approximate surface area is 198 Å². The van der Waals surface area contributed by atoms with E-state index in [1.54, 1.807) is 0 Å². The molecule has 6 rings (SSSR count). The SMILES string of the molecule is CN(C)CC1CC(n2nc(-c3ccc4ccc(-c5ccccc5)nc4c3)c3c(N)ncnc32)C1. The molecule has 3 heterocycles. The fourth-order valence-corrected chi connectivity index (χ4v) is 5.05. The lowest BCUT2D eigenvalue weighted by atomic mass is 9.80. The smallest absolute Gasteiger partial charge is 0.164 e. The van der Waals surface area contributed by atoms with Crippen molar-refractivity contribution in [3.05, 3.63) is 67.0 Å². The number of benzene rings is 2. The molecule has 0 bridgehead atoms. The Morgan fingerprint density at radius 2 is 1.76 bits per heavy atom. The van der Waals surface area contributed by atoms with Crippen molar-refractivity contribution in [1.82, 2.24) is 29.6 Å². The van der Waals surface area contributed by atoms with Crippen molar-refractivity contribution in [1.29, 1.82) is 0 Å². The number of pyridine rings is 1. The maximum Gasteiger partial charge on any atom is 0.164 e. The van der Waals surface area contributed by atoms with Crippen LogP contribution in [0.15, 0.2) is 67.0 Å². The Hall–Kier alpha value is -3.84. The van der Waals surface area contributed by atoms with Gasteiger partial charge >= 0.3 is 0 Å². The van der Waals surface area contributed by atoms with Crippen molar-refractivity contribution in [3.63, 3.8) is 0 Å². The number of nitrogen functional groups attached to an aromatic ring is 1. The largest absolute Gasteiger partial charge is 0.383 e. The number of fused-ring (bicyclic) bond motifs is 2. The highest BCUT2D eigenvalue weighted by atomic mass is 15.3. The van der Waals surface area contributed by atoms with Crippen LogP contribution in [0.4, 0.5) is 5.82 Å². The van der Waals surface area contributed by atoms with Crippen molar-refractivity contribution < 1.29 is 0 Å². The lowest BCUT2D eigenvalue weighted by Gasteiger charge is -2.37. The van der Waals surface area contributed by atoms with E-state index in [-0.39, 0.29) is 0 Å². The molecular formula is C27H27N7. The van der Waals surface area contributed by atoms with E-state index < -0.39 is 0 Å². The fraction of sp³-hybridized carbons (Fsp3) is 0.259. The lowest BCUT2D eigenvalue weighted by Crippen LogP contribution is -2.34. The lowest BCUT2D eigenvalue weighted by molar-refractivity contribution is 0.149. The second-order valence-electron chi connectivity index (χ2n) is 9.47. The molecule has 0 unspecified atom stereocenters. The highest BCUT2D eigenvalue weighted by Crippen LogP contribution is 2.41. The van der Waals surface area contributed by atoms with E-state index in [1.807, 2.05) is 18.2 Å². The minimum absolute atomic E-state index is 0.332. The molecule has 3 aromatic heterocycles. The average Bonchev–Trinajstić information content (AvgIpc) is 3.21. The molecule has 0 saturated heterocycles. The molecule has 0 aliphatic heterocycles. The Morgan fingerprint density at radius 1 is 0.971 bits per heavy atom. The predicted molar refractivity (Wildman–Crippen MR) is 136 cm³/mol. The summed E-state index contributed by atoms with van der Waals surface area (Å²) in [6, 6.07) is 21.0. The van der Waals surface area contributed by atoms with Gasteiger partial charge in [-0.3, -0.25) is 0 Å². The molecule has 7 heteroatoms. The Morgan fingerprint density at radius 3 is 2.56 bits per heavy atom. The van der Waals surface area contributed by atoms with Crippen molar-refractivity contribution in [2.75, 3.05) is 26.4 Å². The molecule has 1 aliphatic rings. The van der Waals surface area contributed by atoms with Crippen LogP contribution in [-0.2, 0) is 0 Å². The van der Waals surface area contributed by atoms with Crippen molar-refractivity contribution >= 4 is 27.8 Å². The van der Waals surface area contributed by atoms with Gasteiger partial charge in [0.2, 0.25) is 0 Å². The molecule has 2 N–H and O–H groups in total. The van der Waals surface area contributed by atoms with E-state index in [2.05, 4.69) is 76.1 Å². The van der Waals surface area contributed by atoms with Gasteiger partial charge in [-0.25, -0.2) is 19.6 Å². The molecule has 34 heavy (non-hydrogen) atoms. The number of hydrogen-bond acceptors (Lipinski definition) is 6. The summed E-state index contributed by atoms with van der Waals surface area (Å²) in [7, 11) is 4.25. The molecule has 0 spiro atoms. The quantitative estimate of drug-likeness (QED) is 0.415. The molecule has 1 saturated carbocycles. The minimum atomic E-state index is 0.332. The molecule has 0 amide bonds. The molecule has 5 aromatic rings. The van der Waals surface area contributed by atoms with Gasteiger partial charge in [0.15, 0.2) is 5.65 Å². The summed E-state index contributed by atoms with van der Waals surface area (Å²) in [5.41, 5.74) is 11.9. The summed E-state index contributed by atoms with van der Waals surface area (Å²) < 4.78 is 2.06. The van der Waals surface area contributed by atoms with Crippen molar-refractivity contribution in [2.24, 2.45) is 5.92 Å². The number of hydrogen-bond donors (Lipinski definition) is 1. The molecular weight excluding hydrogens is 422 g/mol. The van der Waals surface area contributed by atoms with Crippen LogP contribution in [0.25, 0.3) is 44.5 Å². The Bertz CT molecular complexity index is 1480. The summed E-state index contributed by atoms with van der Waals surface area (Å²) >= 11 is 0. The van der Waals surface area contributed by atoms with E-state index >= 15 is 0 Å². The first-order chi connectivity index (χ1) is 16.6. The Kier molecular flexibility index (Phi) is 4.99. The van der Waals surface area contributed by atoms with Crippen LogP contribution in [0.1, 0.15) is 18.9 Å². The first kappa shape index (κ1) is 20.7. The molecule has 7 nitrogen and oxygen atoms in total. The van der Waals surface area contributed by atoms with Gasteiger partial charge in [-0.15, -0.1) is 0 Å². The third-order valence-corrected chi connectivity index (χ3v) is 6.73. The summed E-state index contributed by atoms with van der Waals surface area (Å²) in [6.45, 7) is 1.10. The van der Waals surface area contributed by atoms with Gasteiger partial charge in [-0.05, 0) is 45.0 Å². The number of rotatable bonds is 5. The van der Waals surface area contributed by atoms with E-state index in [0.29, 0.717) is 17.8 Å². The first-order valence-corrected chi connectivity index (χ1v) is 11.7. The van der Waals surface area contributed by atoms with Gasteiger partial charge in [0.05, 0.1) is 22.6 Å². The van der Waals surface area contributed by atoms with Gasteiger partial charge in [0, 0.05) is 23.1 Å². The van der Waals surface area contributed by atoms with Gasteiger partial charge in [-0.1, -0.05) is 48.5 Å². The zero-order valence-corrected chi connectivity index (χ0v) is 19.4. The number of nitrogens with two attached hydrogens (primary N) is 1. The number of nitrogens with zero attached hydrogens (tertiary/aromatic N) is 6. The van der Waals surface area contributed by atoms with E-state index in [0.717, 1.165) is 63.8 Å². The molecule has 0 radical (unpaired) electrons. The maximum atomic E-state index is 6.35. The Balaban J connectivity index is 1.43. The maximum absolute atomic E-state index is 6.35.